The molecule has 1 atom stereocenters. The number of hydrogen-bond donors (Lipinski definition) is 1. The topological polar surface area (TPSA) is 84.8 Å². The number of aromatic nitrogens is 6. The molecular formula is C21H20F3N7O. The number of aromatic amines is 1. The van der Waals surface area contributed by atoms with Crippen molar-refractivity contribution in [2.45, 2.75) is 19.1 Å². The lowest BCUT2D eigenvalue weighted by atomic mass is 10.00. The van der Waals surface area contributed by atoms with Crippen LogP contribution in [0.4, 0.5) is 19.0 Å². The van der Waals surface area contributed by atoms with Crippen LogP contribution in [0.1, 0.15) is 12.6 Å². The zero-order valence-corrected chi connectivity index (χ0v) is 17.4. The molecule has 4 aromatic heterocycles. The summed E-state index contributed by atoms with van der Waals surface area (Å²) in [6.45, 7) is 3.60. The van der Waals surface area contributed by atoms with E-state index in [1.807, 2.05) is 11.8 Å². The summed E-state index contributed by atoms with van der Waals surface area (Å²) >= 11 is 0. The third-order valence-electron chi connectivity index (χ3n) is 5.52. The molecule has 11 heteroatoms. The van der Waals surface area contributed by atoms with Gasteiger partial charge in [0.1, 0.15) is 17.0 Å². The van der Waals surface area contributed by atoms with E-state index in [1.165, 1.54) is 17.9 Å². The van der Waals surface area contributed by atoms with Gasteiger partial charge in [0.15, 0.2) is 5.69 Å². The number of anilines is 1. The van der Waals surface area contributed by atoms with Crippen molar-refractivity contribution in [2.75, 3.05) is 24.7 Å². The lowest BCUT2D eigenvalue weighted by molar-refractivity contribution is -0.140. The van der Waals surface area contributed by atoms with Crippen LogP contribution < -0.4 is 4.90 Å². The Morgan fingerprint density at radius 3 is 2.75 bits per heavy atom. The normalized spacial score (nSPS) is 17.3. The average Bonchev–Trinajstić information content (AvgIpc) is 3.42. The van der Waals surface area contributed by atoms with Crippen LogP contribution in [0.5, 0.6) is 0 Å². The Morgan fingerprint density at radius 1 is 1.19 bits per heavy atom. The maximum atomic E-state index is 13.8. The second-order valence-electron chi connectivity index (χ2n) is 7.73. The van der Waals surface area contributed by atoms with Crippen molar-refractivity contribution in [1.82, 2.24) is 29.9 Å². The van der Waals surface area contributed by atoms with Gasteiger partial charge in [0, 0.05) is 43.1 Å². The van der Waals surface area contributed by atoms with E-state index in [1.54, 1.807) is 30.6 Å². The lowest BCUT2D eigenvalue weighted by Gasteiger charge is -2.34. The first-order valence-electron chi connectivity index (χ1n) is 10.1. The highest BCUT2D eigenvalue weighted by molar-refractivity contribution is 6.01. The number of pyridine rings is 2. The number of fused-ring (bicyclic) bond motifs is 1. The number of ether oxygens (including phenoxy) is 1. The van der Waals surface area contributed by atoms with E-state index in [0.717, 1.165) is 0 Å². The maximum absolute atomic E-state index is 13.8. The van der Waals surface area contributed by atoms with Gasteiger partial charge in [-0.3, -0.25) is 14.8 Å². The van der Waals surface area contributed by atoms with Gasteiger partial charge in [0.25, 0.3) is 0 Å². The van der Waals surface area contributed by atoms with Gasteiger partial charge >= 0.3 is 6.18 Å². The van der Waals surface area contributed by atoms with Gasteiger partial charge in [-0.2, -0.15) is 23.4 Å². The van der Waals surface area contributed by atoms with Crippen LogP contribution in [0.15, 0.2) is 36.8 Å². The molecule has 0 radical (unpaired) electrons. The monoisotopic (exact) mass is 443 g/mol. The molecule has 0 spiro atoms. The van der Waals surface area contributed by atoms with E-state index in [-0.39, 0.29) is 11.6 Å². The molecule has 5 rings (SSSR count). The molecule has 32 heavy (non-hydrogen) atoms. The maximum Gasteiger partial charge on any atom is 0.435 e. The van der Waals surface area contributed by atoms with Gasteiger partial charge in [-0.05, 0) is 30.7 Å². The zero-order chi connectivity index (χ0) is 22.5. The second kappa shape index (κ2) is 7.59. The van der Waals surface area contributed by atoms with Gasteiger partial charge < -0.3 is 9.64 Å². The number of alkyl halides is 3. The number of rotatable bonds is 3. The third kappa shape index (κ3) is 3.48. The van der Waals surface area contributed by atoms with Crippen LogP contribution in [0, 0.1) is 0 Å². The molecule has 0 saturated carbocycles. The van der Waals surface area contributed by atoms with Gasteiger partial charge in [-0.1, -0.05) is 0 Å². The number of nitrogens with one attached hydrogen (secondary N) is 1. The summed E-state index contributed by atoms with van der Waals surface area (Å²) in [5.41, 5.74) is 1.09. The highest BCUT2D eigenvalue weighted by Gasteiger charge is 2.38. The number of aryl methyl sites for hydroxylation is 1. The van der Waals surface area contributed by atoms with Crippen LogP contribution in [0.25, 0.3) is 33.4 Å². The predicted octanol–water partition coefficient (Wildman–Crippen LogP) is 3.66. The average molecular weight is 443 g/mol. The Labute approximate surface area is 181 Å². The SMILES string of the molecule is CC1COCCN1c1cc(-c2cn(C)nc2C(F)(F)F)c2ccnc(-c3ccn[nH]3)c2n1. The van der Waals surface area contributed by atoms with Gasteiger partial charge in [0.2, 0.25) is 0 Å². The molecule has 8 nitrogen and oxygen atoms in total. The zero-order valence-electron chi connectivity index (χ0n) is 17.4. The largest absolute Gasteiger partial charge is 0.435 e. The van der Waals surface area contributed by atoms with Crippen LogP contribution in [-0.2, 0) is 18.0 Å². The molecule has 0 aliphatic carbocycles. The predicted molar refractivity (Wildman–Crippen MR) is 112 cm³/mol. The minimum Gasteiger partial charge on any atom is -0.377 e. The summed E-state index contributed by atoms with van der Waals surface area (Å²) in [5.74, 6) is 0.564. The number of hydrogen-bond acceptors (Lipinski definition) is 6. The highest BCUT2D eigenvalue weighted by Crippen LogP contribution is 2.41. The fourth-order valence-electron chi connectivity index (χ4n) is 4.06. The number of H-pyrrole nitrogens is 1. The molecule has 166 valence electrons. The molecule has 0 bridgehead atoms. The highest BCUT2D eigenvalue weighted by atomic mass is 19.4. The summed E-state index contributed by atoms with van der Waals surface area (Å²) < 4.78 is 48.2. The van der Waals surface area contributed by atoms with Crippen molar-refractivity contribution in [3.8, 4) is 22.5 Å². The van der Waals surface area contributed by atoms with E-state index in [0.29, 0.717) is 53.4 Å². The quantitative estimate of drug-likeness (QED) is 0.520. The number of nitrogens with zero attached hydrogens (tertiary/aromatic N) is 6. The molecule has 0 aromatic carbocycles. The van der Waals surface area contributed by atoms with Crippen molar-refractivity contribution in [3.05, 3.63) is 42.5 Å². The first-order valence-corrected chi connectivity index (χ1v) is 10.1. The second-order valence-corrected chi connectivity index (χ2v) is 7.73. The molecule has 4 aromatic rings. The van der Waals surface area contributed by atoms with Gasteiger partial charge in [-0.15, -0.1) is 0 Å². The standard InChI is InChI=1S/C21H20F3N7O/c1-12-11-32-8-7-31(12)17-9-14(15-10-30(2)29-20(15)21(22,23)24)13-3-5-25-19(18(13)27-17)16-4-6-26-28-16/h3-6,9-10,12H,7-8,11H2,1-2H3,(H,26,28). The molecule has 1 saturated heterocycles. The molecule has 0 amide bonds. The molecule has 1 aliphatic rings. The van der Waals surface area contributed by atoms with E-state index < -0.39 is 11.9 Å². The fraction of sp³-hybridized carbons (Fsp3) is 0.333. The first kappa shape index (κ1) is 20.4. The van der Waals surface area contributed by atoms with Crippen molar-refractivity contribution < 1.29 is 17.9 Å². The number of halogens is 3. The summed E-state index contributed by atoms with van der Waals surface area (Å²) in [6.07, 6.45) is -0.0594. The summed E-state index contributed by atoms with van der Waals surface area (Å²) in [7, 11) is 1.48. The number of morpholine rings is 1. The van der Waals surface area contributed by atoms with E-state index in [9.17, 15) is 13.2 Å². The van der Waals surface area contributed by atoms with E-state index in [4.69, 9.17) is 9.72 Å². The van der Waals surface area contributed by atoms with Gasteiger partial charge in [0.05, 0.1) is 24.9 Å². The molecule has 5 heterocycles. The molecule has 1 fully saturated rings. The van der Waals surface area contributed by atoms with Gasteiger partial charge in [-0.25, -0.2) is 4.98 Å². The Kier molecular flexibility index (Phi) is 4.85. The van der Waals surface area contributed by atoms with Crippen LogP contribution in [0.3, 0.4) is 0 Å². The molecule has 1 N–H and O–H groups in total. The van der Waals surface area contributed by atoms with E-state index >= 15 is 0 Å². The van der Waals surface area contributed by atoms with Crippen molar-refractivity contribution in [2.24, 2.45) is 7.05 Å². The van der Waals surface area contributed by atoms with Crippen LogP contribution >= 0.6 is 0 Å². The minimum absolute atomic E-state index is 0.00340. The smallest absolute Gasteiger partial charge is 0.377 e. The summed E-state index contributed by atoms with van der Waals surface area (Å²) in [6, 6.07) is 5.15. The molecule has 1 unspecified atom stereocenters. The van der Waals surface area contributed by atoms with Crippen LogP contribution in [-0.4, -0.2) is 55.7 Å². The Bertz CT molecular complexity index is 1270. The molecule has 1 aliphatic heterocycles. The minimum atomic E-state index is -4.60. The molecular weight excluding hydrogens is 423 g/mol. The Morgan fingerprint density at radius 2 is 2.03 bits per heavy atom. The van der Waals surface area contributed by atoms with Crippen LogP contribution in [0.2, 0.25) is 0 Å². The fourth-order valence-corrected chi connectivity index (χ4v) is 4.06. The Hall–Kier alpha value is -3.47. The Balaban J connectivity index is 1.82. The van der Waals surface area contributed by atoms with Crippen molar-refractivity contribution in [3.63, 3.8) is 0 Å². The summed E-state index contributed by atoms with van der Waals surface area (Å²) in [5, 5.41) is 11.1. The first-order chi connectivity index (χ1) is 15.3. The lowest BCUT2D eigenvalue weighted by Crippen LogP contribution is -2.44. The van der Waals surface area contributed by atoms with Crippen molar-refractivity contribution >= 4 is 16.7 Å². The van der Waals surface area contributed by atoms with E-state index in [2.05, 4.69) is 20.3 Å². The van der Waals surface area contributed by atoms with Crippen molar-refractivity contribution in [1.29, 1.82) is 0 Å². The summed E-state index contributed by atoms with van der Waals surface area (Å²) in [4.78, 5) is 11.3. The third-order valence-corrected chi connectivity index (χ3v) is 5.52.